The van der Waals surface area contributed by atoms with Gasteiger partial charge in [-0.2, -0.15) is 0 Å². The van der Waals surface area contributed by atoms with Crippen LogP contribution in [-0.2, 0) is 6.42 Å². The Balaban J connectivity index is 1.93. The Morgan fingerprint density at radius 3 is 2.76 bits per heavy atom. The first-order valence-electron chi connectivity index (χ1n) is 5.94. The fraction of sp³-hybridized carbons (Fsp3) is 0.286. The number of nitrogens with two attached hydrogens (primary N) is 1. The molecule has 3 heteroatoms. The van der Waals surface area contributed by atoms with Crippen LogP contribution in [0, 0.1) is 0 Å². The number of hydrogen-bond acceptors (Lipinski definition) is 3. The predicted molar refractivity (Wildman–Crippen MR) is 74.6 cm³/mol. The molecule has 2 aromatic rings. The van der Waals surface area contributed by atoms with E-state index in [-0.39, 0.29) is 0 Å². The number of anilines is 2. The van der Waals surface area contributed by atoms with Crippen LogP contribution in [0.5, 0.6) is 0 Å². The standard InChI is InChI=1S/C14H16N2S/c1-10-13-7-9-17-14(13)6-8-16(10)12-4-2-11(15)3-5-12/h2-5,7,9-10H,6,8,15H2,1H3. The maximum atomic E-state index is 5.73. The number of benzene rings is 1. The van der Waals surface area contributed by atoms with Crippen molar-refractivity contribution in [3.63, 3.8) is 0 Å². The summed E-state index contributed by atoms with van der Waals surface area (Å²) in [7, 11) is 0. The molecule has 2 N–H and O–H groups in total. The van der Waals surface area contributed by atoms with Gasteiger partial charge in [0.05, 0.1) is 6.04 Å². The van der Waals surface area contributed by atoms with Gasteiger partial charge < -0.3 is 10.6 Å². The quantitative estimate of drug-likeness (QED) is 0.778. The highest BCUT2D eigenvalue weighted by Gasteiger charge is 2.24. The van der Waals surface area contributed by atoms with Gasteiger partial charge in [-0.05, 0) is 54.6 Å². The van der Waals surface area contributed by atoms with Gasteiger partial charge in [0.2, 0.25) is 0 Å². The molecule has 0 aliphatic carbocycles. The molecule has 1 aromatic heterocycles. The van der Waals surface area contributed by atoms with Crippen LogP contribution < -0.4 is 10.6 Å². The molecule has 0 fully saturated rings. The predicted octanol–water partition coefficient (Wildman–Crippen LogP) is 3.45. The molecule has 17 heavy (non-hydrogen) atoms. The van der Waals surface area contributed by atoms with Crippen molar-refractivity contribution in [1.29, 1.82) is 0 Å². The molecule has 0 saturated heterocycles. The number of nitrogens with zero attached hydrogens (tertiary/aromatic N) is 1. The van der Waals surface area contributed by atoms with E-state index in [0.717, 1.165) is 18.7 Å². The van der Waals surface area contributed by atoms with Gasteiger partial charge in [-0.15, -0.1) is 11.3 Å². The summed E-state index contributed by atoms with van der Waals surface area (Å²) in [5.41, 5.74) is 9.31. The van der Waals surface area contributed by atoms with E-state index in [1.54, 1.807) is 4.88 Å². The monoisotopic (exact) mass is 244 g/mol. The highest BCUT2D eigenvalue weighted by atomic mass is 32.1. The average molecular weight is 244 g/mol. The van der Waals surface area contributed by atoms with Crippen LogP contribution in [0.15, 0.2) is 35.7 Å². The molecule has 1 aliphatic rings. The summed E-state index contributed by atoms with van der Waals surface area (Å²) >= 11 is 1.88. The summed E-state index contributed by atoms with van der Waals surface area (Å²) in [6.07, 6.45) is 1.15. The number of hydrogen-bond donors (Lipinski definition) is 1. The Labute approximate surface area is 106 Å². The first-order valence-corrected chi connectivity index (χ1v) is 6.82. The molecule has 0 radical (unpaired) electrons. The number of nitrogen functional groups attached to an aromatic ring is 1. The third kappa shape index (κ3) is 1.80. The largest absolute Gasteiger partial charge is 0.399 e. The molecule has 88 valence electrons. The van der Waals surface area contributed by atoms with Crippen molar-refractivity contribution in [2.45, 2.75) is 19.4 Å². The van der Waals surface area contributed by atoms with E-state index in [0.29, 0.717) is 6.04 Å². The van der Waals surface area contributed by atoms with Crippen LogP contribution in [0.1, 0.15) is 23.4 Å². The Bertz CT molecular complexity index is 515. The molecular weight excluding hydrogens is 228 g/mol. The normalized spacial score (nSPS) is 19.1. The third-order valence-corrected chi connectivity index (χ3v) is 4.50. The van der Waals surface area contributed by atoms with Crippen LogP contribution in [0.4, 0.5) is 11.4 Å². The second-order valence-corrected chi connectivity index (χ2v) is 5.51. The highest BCUT2D eigenvalue weighted by molar-refractivity contribution is 7.10. The average Bonchev–Trinajstić information content (AvgIpc) is 2.80. The van der Waals surface area contributed by atoms with Gasteiger partial charge in [-0.3, -0.25) is 0 Å². The third-order valence-electron chi connectivity index (χ3n) is 3.50. The molecule has 1 aromatic carbocycles. The molecular formula is C14H16N2S. The molecule has 0 saturated carbocycles. The SMILES string of the molecule is CC1c2ccsc2CCN1c1ccc(N)cc1. The van der Waals surface area contributed by atoms with E-state index in [1.165, 1.54) is 11.3 Å². The second-order valence-electron chi connectivity index (χ2n) is 4.51. The lowest BCUT2D eigenvalue weighted by atomic mass is 10.0. The highest BCUT2D eigenvalue weighted by Crippen LogP contribution is 2.35. The molecule has 1 aliphatic heterocycles. The number of rotatable bonds is 1. The van der Waals surface area contributed by atoms with Gasteiger partial charge >= 0.3 is 0 Å². The summed E-state index contributed by atoms with van der Waals surface area (Å²) < 4.78 is 0. The number of fused-ring (bicyclic) bond motifs is 1. The molecule has 2 heterocycles. The van der Waals surface area contributed by atoms with Crippen LogP contribution >= 0.6 is 11.3 Å². The van der Waals surface area contributed by atoms with E-state index in [2.05, 4.69) is 35.4 Å². The van der Waals surface area contributed by atoms with Gasteiger partial charge in [0.1, 0.15) is 0 Å². The van der Waals surface area contributed by atoms with E-state index in [4.69, 9.17) is 5.73 Å². The minimum atomic E-state index is 0.466. The molecule has 0 bridgehead atoms. The lowest BCUT2D eigenvalue weighted by molar-refractivity contribution is 0.633. The molecule has 1 unspecified atom stereocenters. The van der Waals surface area contributed by atoms with Crippen molar-refractivity contribution in [3.05, 3.63) is 46.2 Å². The van der Waals surface area contributed by atoms with E-state index in [1.807, 2.05) is 23.5 Å². The zero-order valence-corrected chi connectivity index (χ0v) is 10.7. The maximum Gasteiger partial charge on any atom is 0.0525 e. The Morgan fingerprint density at radius 2 is 2.00 bits per heavy atom. The first kappa shape index (κ1) is 10.7. The number of thiophene rings is 1. The minimum absolute atomic E-state index is 0.466. The fourth-order valence-electron chi connectivity index (χ4n) is 2.53. The summed E-state index contributed by atoms with van der Waals surface area (Å²) in [6.45, 7) is 3.37. The van der Waals surface area contributed by atoms with Crippen molar-refractivity contribution in [1.82, 2.24) is 0 Å². The van der Waals surface area contributed by atoms with Crippen molar-refractivity contribution in [2.24, 2.45) is 0 Å². The molecule has 1 atom stereocenters. The summed E-state index contributed by atoms with van der Waals surface area (Å²) in [6, 6.07) is 10.9. The second kappa shape index (κ2) is 4.08. The maximum absolute atomic E-state index is 5.73. The van der Waals surface area contributed by atoms with Gasteiger partial charge in [0, 0.05) is 22.8 Å². The Kier molecular flexibility index (Phi) is 2.56. The zero-order valence-electron chi connectivity index (χ0n) is 9.89. The molecule has 0 spiro atoms. The van der Waals surface area contributed by atoms with Crippen molar-refractivity contribution in [3.8, 4) is 0 Å². The van der Waals surface area contributed by atoms with Crippen molar-refractivity contribution in [2.75, 3.05) is 17.2 Å². The summed E-state index contributed by atoms with van der Waals surface area (Å²) in [4.78, 5) is 4.00. The van der Waals surface area contributed by atoms with Crippen LogP contribution in [0.25, 0.3) is 0 Å². The van der Waals surface area contributed by atoms with Crippen LogP contribution in [-0.4, -0.2) is 6.54 Å². The summed E-state index contributed by atoms with van der Waals surface area (Å²) in [5.74, 6) is 0. The molecule has 3 rings (SSSR count). The Hall–Kier alpha value is -1.48. The van der Waals surface area contributed by atoms with E-state index < -0.39 is 0 Å². The first-order chi connectivity index (χ1) is 8.25. The Morgan fingerprint density at radius 1 is 1.24 bits per heavy atom. The minimum Gasteiger partial charge on any atom is -0.399 e. The fourth-order valence-corrected chi connectivity index (χ4v) is 3.49. The lowest BCUT2D eigenvalue weighted by Crippen LogP contribution is -2.32. The van der Waals surface area contributed by atoms with Gasteiger partial charge in [-0.25, -0.2) is 0 Å². The molecule has 2 nitrogen and oxygen atoms in total. The van der Waals surface area contributed by atoms with E-state index >= 15 is 0 Å². The van der Waals surface area contributed by atoms with Crippen molar-refractivity contribution < 1.29 is 0 Å². The van der Waals surface area contributed by atoms with Gasteiger partial charge in [-0.1, -0.05) is 0 Å². The van der Waals surface area contributed by atoms with Crippen LogP contribution in [0.2, 0.25) is 0 Å². The van der Waals surface area contributed by atoms with Crippen molar-refractivity contribution >= 4 is 22.7 Å². The van der Waals surface area contributed by atoms with E-state index in [9.17, 15) is 0 Å². The van der Waals surface area contributed by atoms with Gasteiger partial charge in [0.15, 0.2) is 0 Å². The molecule has 0 amide bonds. The van der Waals surface area contributed by atoms with Gasteiger partial charge in [0.25, 0.3) is 0 Å². The summed E-state index contributed by atoms with van der Waals surface area (Å²) in [5, 5.41) is 2.20. The zero-order chi connectivity index (χ0) is 11.8. The van der Waals surface area contributed by atoms with Crippen LogP contribution in [0.3, 0.4) is 0 Å². The topological polar surface area (TPSA) is 29.3 Å². The lowest BCUT2D eigenvalue weighted by Gasteiger charge is -2.35. The smallest absolute Gasteiger partial charge is 0.0525 e.